The van der Waals surface area contributed by atoms with Crippen molar-refractivity contribution in [3.8, 4) is 11.3 Å². The summed E-state index contributed by atoms with van der Waals surface area (Å²) >= 11 is 0. The predicted molar refractivity (Wildman–Crippen MR) is 66.1 cm³/mol. The molecule has 0 saturated heterocycles. The molecule has 2 aromatic rings. The number of aromatic carboxylic acids is 1. The summed E-state index contributed by atoms with van der Waals surface area (Å²) in [6.45, 7) is 3.73. The largest absolute Gasteiger partial charge is 0.478 e. The van der Waals surface area contributed by atoms with E-state index in [1.807, 2.05) is 31.2 Å². The van der Waals surface area contributed by atoms with E-state index < -0.39 is 5.97 Å². The highest BCUT2D eigenvalue weighted by molar-refractivity contribution is 5.89. The lowest BCUT2D eigenvalue weighted by atomic mass is 10.1. The summed E-state index contributed by atoms with van der Waals surface area (Å²) in [7, 11) is 0. The van der Waals surface area contributed by atoms with Crippen LogP contribution in [0.5, 0.6) is 0 Å². The molecule has 0 fully saturated rings. The van der Waals surface area contributed by atoms with Gasteiger partial charge in [-0.15, -0.1) is 0 Å². The first-order chi connectivity index (χ1) is 8.08. The molecule has 0 aliphatic heterocycles. The average Bonchev–Trinajstić information content (AvgIpc) is 2.28. The van der Waals surface area contributed by atoms with E-state index in [0.717, 1.165) is 16.8 Å². The molecule has 0 amide bonds. The van der Waals surface area contributed by atoms with Gasteiger partial charge in [0.2, 0.25) is 0 Å². The van der Waals surface area contributed by atoms with Crippen molar-refractivity contribution in [1.82, 2.24) is 4.98 Å². The average molecular weight is 227 g/mol. The van der Waals surface area contributed by atoms with Gasteiger partial charge in [-0.25, -0.2) is 4.79 Å². The van der Waals surface area contributed by atoms with Crippen molar-refractivity contribution in [3.05, 3.63) is 53.2 Å². The van der Waals surface area contributed by atoms with E-state index in [2.05, 4.69) is 4.98 Å². The number of carboxylic acid groups (broad SMARTS) is 1. The molecule has 0 bridgehead atoms. The number of hydrogen-bond donors (Lipinski definition) is 1. The highest BCUT2D eigenvalue weighted by atomic mass is 16.4. The second-order valence-electron chi connectivity index (χ2n) is 4.00. The van der Waals surface area contributed by atoms with Crippen molar-refractivity contribution in [2.45, 2.75) is 13.8 Å². The molecule has 17 heavy (non-hydrogen) atoms. The molecule has 0 saturated carbocycles. The fraction of sp³-hybridized carbons (Fsp3) is 0.143. The standard InChI is InChI=1S/C14H13NO2/c1-9-4-3-5-11(8-9)13-7-6-12(14(16)17)10(2)15-13/h3-8H,1-2H3,(H,16,17). The third-order valence-corrected chi connectivity index (χ3v) is 2.63. The van der Waals surface area contributed by atoms with Crippen LogP contribution < -0.4 is 0 Å². The van der Waals surface area contributed by atoms with E-state index >= 15 is 0 Å². The van der Waals surface area contributed by atoms with Gasteiger partial charge in [0.25, 0.3) is 0 Å². The lowest BCUT2D eigenvalue weighted by molar-refractivity contribution is 0.0695. The lowest BCUT2D eigenvalue weighted by Crippen LogP contribution is -2.02. The Morgan fingerprint density at radius 3 is 2.53 bits per heavy atom. The van der Waals surface area contributed by atoms with Gasteiger partial charge in [0.05, 0.1) is 17.0 Å². The van der Waals surface area contributed by atoms with E-state index in [1.165, 1.54) is 0 Å². The van der Waals surface area contributed by atoms with Crippen LogP contribution in [0.1, 0.15) is 21.6 Å². The van der Waals surface area contributed by atoms with Gasteiger partial charge in [0, 0.05) is 5.56 Å². The van der Waals surface area contributed by atoms with Gasteiger partial charge in [0.1, 0.15) is 0 Å². The molecule has 0 unspecified atom stereocenters. The van der Waals surface area contributed by atoms with Crippen LogP contribution in [0.2, 0.25) is 0 Å². The molecule has 1 N–H and O–H groups in total. The third-order valence-electron chi connectivity index (χ3n) is 2.63. The first kappa shape index (κ1) is 11.3. The molecule has 1 aromatic carbocycles. The van der Waals surface area contributed by atoms with E-state index in [-0.39, 0.29) is 5.56 Å². The van der Waals surface area contributed by atoms with Crippen molar-refractivity contribution in [1.29, 1.82) is 0 Å². The van der Waals surface area contributed by atoms with Crippen molar-refractivity contribution >= 4 is 5.97 Å². The summed E-state index contributed by atoms with van der Waals surface area (Å²) in [6, 6.07) is 11.3. The van der Waals surface area contributed by atoms with Crippen LogP contribution in [0.25, 0.3) is 11.3 Å². The van der Waals surface area contributed by atoms with Crippen LogP contribution in [0.3, 0.4) is 0 Å². The van der Waals surface area contributed by atoms with Crippen molar-refractivity contribution in [2.24, 2.45) is 0 Å². The van der Waals surface area contributed by atoms with Gasteiger partial charge in [-0.2, -0.15) is 0 Å². The van der Waals surface area contributed by atoms with Gasteiger partial charge in [-0.05, 0) is 32.0 Å². The number of aromatic nitrogens is 1. The second-order valence-corrected chi connectivity index (χ2v) is 4.00. The normalized spacial score (nSPS) is 10.2. The molecule has 3 nitrogen and oxygen atoms in total. The van der Waals surface area contributed by atoms with Crippen LogP contribution in [-0.4, -0.2) is 16.1 Å². The maximum atomic E-state index is 10.9. The van der Waals surface area contributed by atoms with E-state index in [0.29, 0.717) is 5.69 Å². The molecular formula is C14H13NO2. The van der Waals surface area contributed by atoms with Gasteiger partial charge < -0.3 is 5.11 Å². The Bertz CT molecular complexity index is 576. The Hall–Kier alpha value is -2.16. The Labute approximate surface area is 99.8 Å². The van der Waals surface area contributed by atoms with E-state index in [4.69, 9.17) is 5.11 Å². The number of pyridine rings is 1. The number of benzene rings is 1. The smallest absolute Gasteiger partial charge is 0.337 e. The van der Waals surface area contributed by atoms with E-state index in [9.17, 15) is 4.79 Å². The number of nitrogens with zero attached hydrogens (tertiary/aromatic N) is 1. The van der Waals surface area contributed by atoms with Crippen molar-refractivity contribution < 1.29 is 9.90 Å². The molecule has 1 aromatic heterocycles. The fourth-order valence-corrected chi connectivity index (χ4v) is 1.75. The quantitative estimate of drug-likeness (QED) is 0.857. The number of carbonyl (C=O) groups is 1. The molecule has 0 aliphatic carbocycles. The molecule has 1 heterocycles. The van der Waals surface area contributed by atoms with Gasteiger partial charge >= 0.3 is 5.97 Å². The first-order valence-corrected chi connectivity index (χ1v) is 5.36. The minimum atomic E-state index is -0.939. The second kappa shape index (κ2) is 4.37. The summed E-state index contributed by atoms with van der Waals surface area (Å²) in [5.41, 5.74) is 3.75. The van der Waals surface area contributed by atoms with Crippen molar-refractivity contribution in [2.75, 3.05) is 0 Å². The number of carboxylic acids is 1. The fourth-order valence-electron chi connectivity index (χ4n) is 1.75. The molecule has 3 heteroatoms. The monoisotopic (exact) mass is 227 g/mol. The summed E-state index contributed by atoms with van der Waals surface area (Å²) in [6.07, 6.45) is 0. The van der Waals surface area contributed by atoms with Crippen LogP contribution >= 0.6 is 0 Å². The SMILES string of the molecule is Cc1cccc(-c2ccc(C(=O)O)c(C)n2)c1. The van der Waals surface area contributed by atoms with Gasteiger partial charge in [0.15, 0.2) is 0 Å². The number of aryl methyl sites for hydroxylation is 2. The van der Waals surface area contributed by atoms with Gasteiger partial charge in [-0.3, -0.25) is 4.98 Å². The molecule has 0 atom stereocenters. The molecular weight excluding hydrogens is 214 g/mol. The first-order valence-electron chi connectivity index (χ1n) is 5.36. The summed E-state index contributed by atoms with van der Waals surface area (Å²) in [5, 5.41) is 8.93. The summed E-state index contributed by atoms with van der Waals surface area (Å²) < 4.78 is 0. The van der Waals surface area contributed by atoms with Crippen LogP contribution in [0.4, 0.5) is 0 Å². The number of rotatable bonds is 2. The van der Waals surface area contributed by atoms with Crippen LogP contribution in [0, 0.1) is 13.8 Å². The Kier molecular flexibility index (Phi) is 2.91. The zero-order valence-corrected chi connectivity index (χ0v) is 9.77. The topological polar surface area (TPSA) is 50.2 Å². The Morgan fingerprint density at radius 2 is 1.94 bits per heavy atom. The molecule has 86 valence electrons. The third kappa shape index (κ3) is 2.33. The maximum absolute atomic E-state index is 10.9. The van der Waals surface area contributed by atoms with E-state index in [1.54, 1.807) is 19.1 Å². The minimum absolute atomic E-state index is 0.251. The lowest BCUT2D eigenvalue weighted by Gasteiger charge is -2.05. The highest BCUT2D eigenvalue weighted by Gasteiger charge is 2.09. The minimum Gasteiger partial charge on any atom is -0.478 e. The predicted octanol–water partition coefficient (Wildman–Crippen LogP) is 3.06. The maximum Gasteiger partial charge on any atom is 0.337 e. The summed E-state index contributed by atoms with van der Waals surface area (Å²) in [5.74, 6) is -0.939. The Balaban J connectivity index is 2.48. The Morgan fingerprint density at radius 1 is 1.18 bits per heavy atom. The molecule has 0 radical (unpaired) electrons. The highest BCUT2D eigenvalue weighted by Crippen LogP contribution is 2.19. The zero-order valence-electron chi connectivity index (χ0n) is 9.77. The van der Waals surface area contributed by atoms with Crippen LogP contribution in [0.15, 0.2) is 36.4 Å². The number of hydrogen-bond acceptors (Lipinski definition) is 2. The van der Waals surface area contributed by atoms with Crippen LogP contribution in [-0.2, 0) is 0 Å². The molecule has 0 spiro atoms. The summed E-state index contributed by atoms with van der Waals surface area (Å²) in [4.78, 5) is 15.2. The van der Waals surface area contributed by atoms with Gasteiger partial charge in [-0.1, -0.05) is 23.8 Å². The zero-order chi connectivity index (χ0) is 12.4. The molecule has 2 rings (SSSR count). The van der Waals surface area contributed by atoms with Crippen molar-refractivity contribution in [3.63, 3.8) is 0 Å². The molecule has 0 aliphatic rings.